The lowest BCUT2D eigenvalue weighted by atomic mass is 9.85. The highest BCUT2D eigenvalue weighted by molar-refractivity contribution is 4.84. The molecule has 0 aromatic carbocycles. The van der Waals surface area contributed by atoms with Gasteiger partial charge in [0.2, 0.25) is 0 Å². The number of methoxy groups -OCH3 is 1. The Balaban J connectivity index is 2.66. The molecule has 1 aliphatic heterocycles. The largest absolute Gasteiger partial charge is 0.394 e. The topological polar surface area (TPSA) is 58.9 Å². The van der Waals surface area contributed by atoms with E-state index in [9.17, 15) is 5.11 Å². The molecule has 0 aromatic rings. The summed E-state index contributed by atoms with van der Waals surface area (Å²) in [6.07, 6.45) is -1.45. The van der Waals surface area contributed by atoms with Gasteiger partial charge in [-0.05, 0) is 5.92 Å². The molecule has 1 saturated heterocycles. The predicted octanol–water partition coefficient (Wildman–Crippen LogP) is -0.0169. The molecule has 0 aliphatic carbocycles. The quantitative estimate of drug-likeness (QED) is 0.642. The summed E-state index contributed by atoms with van der Waals surface area (Å²) in [4.78, 5) is 0. The van der Waals surface area contributed by atoms with E-state index in [-0.39, 0.29) is 24.7 Å². The van der Waals surface area contributed by atoms with Crippen molar-refractivity contribution in [2.75, 3.05) is 13.7 Å². The van der Waals surface area contributed by atoms with Crippen molar-refractivity contribution < 1.29 is 19.7 Å². The van der Waals surface area contributed by atoms with Crippen molar-refractivity contribution in [2.45, 2.75) is 32.3 Å². The summed E-state index contributed by atoms with van der Waals surface area (Å²) < 4.78 is 10.5. The van der Waals surface area contributed by atoms with Crippen molar-refractivity contribution in [3.05, 3.63) is 0 Å². The lowest BCUT2D eigenvalue weighted by Crippen LogP contribution is -2.51. The van der Waals surface area contributed by atoms with Crippen molar-refractivity contribution in [1.82, 2.24) is 0 Å². The van der Waals surface area contributed by atoms with E-state index in [1.165, 1.54) is 0 Å². The molecule has 4 nitrogen and oxygen atoms in total. The zero-order valence-electron chi connectivity index (χ0n) is 8.30. The number of hydrogen-bond donors (Lipinski definition) is 2. The average Bonchev–Trinajstić information content (AvgIpc) is 2.15. The fourth-order valence-electron chi connectivity index (χ4n) is 1.70. The number of aliphatic hydroxyl groups excluding tert-OH is 2. The van der Waals surface area contributed by atoms with Crippen molar-refractivity contribution in [3.8, 4) is 0 Å². The Hall–Kier alpha value is -0.160. The van der Waals surface area contributed by atoms with Crippen LogP contribution in [0.2, 0.25) is 0 Å². The molecule has 0 spiro atoms. The third-order valence-corrected chi connectivity index (χ3v) is 2.90. The van der Waals surface area contributed by atoms with Gasteiger partial charge < -0.3 is 19.7 Å². The monoisotopic (exact) mass is 190 g/mol. The lowest BCUT2D eigenvalue weighted by molar-refractivity contribution is -0.260. The van der Waals surface area contributed by atoms with E-state index >= 15 is 0 Å². The van der Waals surface area contributed by atoms with Gasteiger partial charge in [0.15, 0.2) is 6.29 Å². The van der Waals surface area contributed by atoms with Gasteiger partial charge >= 0.3 is 0 Å². The second kappa shape index (κ2) is 4.37. The second-order valence-electron chi connectivity index (χ2n) is 3.67. The number of hydrogen-bond acceptors (Lipinski definition) is 4. The SMILES string of the molecule is CO[C@@H]1OC(CO)[C@@H](O)[C@H](C)[C@@H]1C. The molecule has 1 fully saturated rings. The van der Waals surface area contributed by atoms with Crippen LogP contribution in [-0.2, 0) is 9.47 Å². The zero-order chi connectivity index (χ0) is 10.0. The Morgan fingerprint density at radius 1 is 1.31 bits per heavy atom. The van der Waals surface area contributed by atoms with Crippen LogP contribution in [0.4, 0.5) is 0 Å². The van der Waals surface area contributed by atoms with Gasteiger partial charge in [0, 0.05) is 13.0 Å². The normalized spacial score (nSPS) is 46.4. The standard InChI is InChI=1S/C9H18O4/c1-5-6(2)9(12-3)13-7(4-10)8(5)11/h5-11H,4H2,1-3H3/t5-,6+,7?,8+,9-/m1/s1. The first kappa shape index (κ1) is 10.9. The molecule has 2 N–H and O–H groups in total. The zero-order valence-corrected chi connectivity index (χ0v) is 8.30. The van der Waals surface area contributed by atoms with Gasteiger partial charge in [-0.3, -0.25) is 0 Å². The maximum atomic E-state index is 9.68. The maximum Gasteiger partial charge on any atom is 0.160 e. The molecule has 0 saturated carbocycles. The Kier molecular flexibility index (Phi) is 3.67. The highest BCUT2D eigenvalue weighted by atomic mass is 16.7. The van der Waals surface area contributed by atoms with Gasteiger partial charge in [-0.15, -0.1) is 0 Å². The van der Waals surface area contributed by atoms with E-state index in [0.29, 0.717) is 0 Å². The first-order valence-electron chi connectivity index (χ1n) is 4.59. The summed E-state index contributed by atoms with van der Waals surface area (Å²) in [5, 5.41) is 18.6. The number of aliphatic hydroxyl groups is 2. The molecule has 4 heteroatoms. The third-order valence-electron chi connectivity index (χ3n) is 2.90. The van der Waals surface area contributed by atoms with Crippen LogP contribution in [0.1, 0.15) is 13.8 Å². The second-order valence-corrected chi connectivity index (χ2v) is 3.67. The van der Waals surface area contributed by atoms with E-state index in [4.69, 9.17) is 14.6 Å². The molecule has 1 unspecified atom stereocenters. The molecule has 78 valence electrons. The minimum atomic E-state index is -0.605. The highest BCUT2D eigenvalue weighted by Crippen LogP contribution is 2.30. The van der Waals surface area contributed by atoms with Gasteiger partial charge in [-0.1, -0.05) is 13.8 Å². The van der Waals surface area contributed by atoms with Crippen molar-refractivity contribution in [3.63, 3.8) is 0 Å². The van der Waals surface area contributed by atoms with Crippen molar-refractivity contribution in [2.24, 2.45) is 11.8 Å². The Bertz CT molecular complexity index is 142. The predicted molar refractivity (Wildman–Crippen MR) is 47.1 cm³/mol. The highest BCUT2D eigenvalue weighted by Gasteiger charge is 2.40. The molecular formula is C9H18O4. The van der Waals surface area contributed by atoms with Gasteiger partial charge in [-0.25, -0.2) is 0 Å². The van der Waals surface area contributed by atoms with Gasteiger partial charge in [-0.2, -0.15) is 0 Å². The molecule has 13 heavy (non-hydrogen) atoms. The fourth-order valence-corrected chi connectivity index (χ4v) is 1.70. The maximum absolute atomic E-state index is 9.68. The Morgan fingerprint density at radius 3 is 2.38 bits per heavy atom. The Labute approximate surface area is 78.5 Å². The van der Waals surface area contributed by atoms with Crippen molar-refractivity contribution >= 4 is 0 Å². The summed E-state index contributed by atoms with van der Waals surface area (Å²) in [7, 11) is 1.57. The van der Waals surface area contributed by atoms with Crippen LogP contribution >= 0.6 is 0 Å². The lowest BCUT2D eigenvalue weighted by Gasteiger charge is -2.41. The molecular weight excluding hydrogens is 172 g/mol. The molecule has 0 aromatic heterocycles. The Morgan fingerprint density at radius 2 is 1.92 bits per heavy atom. The summed E-state index contributed by atoms with van der Waals surface area (Å²) in [6.45, 7) is 3.74. The summed E-state index contributed by atoms with van der Waals surface area (Å²) >= 11 is 0. The molecule has 5 atom stereocenters. The molecule has 0 amide bonds. The van der Waals surface area contributed by atoms with Crippen LogP contribution in [0, 0.1) is 11.8 Å². The molecule has 0 radical (unpaired) electrons. The fraction of sp³-hybridized carbons (Fsp3) is 1.00. The summed E-state index contributed by atoms with van der Waals surface area (Å²) in [6, 6.07) is 0. The smallest absolute Gasteiger partial charge is 0.160 e. The van der Waals surface area contributed by atoms with E-state index in [1.807, 2.05) is 13.8 Å². The van der Waals surface area contributed by atoms with Crippen LogP contribution in [-0.4, -0.2) is 42.4 Å². The van der Waals surface area contributed by atoms with E-state index in [0.717, 1.165) is 0 Å². The van der Waals surface area contributed by atoms with Crippen LogP contribution in [0.5, 0.6) is 0 Å². The first-order chi connectivity index (χ1) is 6.11. The van der Waals surface area contributed by atoms with Gasteiger partial charge in [0.05, 0.1) is 12.7 Å². The van der Waals surface area contributed by atoms with Gasteiger partial charge in [0.1, 0.15) is 6.10 Å². The molecule has 1 rings (SSSR count). The van der Waals surface area contributed by atoms with E-state index < -0.39 is 12.2 Å². The van der Waals surface area contributed by atoms with Crippen LogP contribution < -0.4 is 0 Å². The van der Waals surface area contributed by atoms with Crippen LogP contribution in [0.25, 0.3) is 0 Å². The van der Waals surface area contributed by atoms with Gasteiger partial charge in [0.25, 0.3) is 0 Å². The molecule has 1 heterocycles. The summed E-state index contributed by atoms with van der Waals surface area (Å²) in [5.41, 5.74) is 0. The van der Waals surface area contributed by atoms with Crippen LogP contribution in [0.15, 0.2) is 0 Å². The summed E-state index contributed by atoms with van der Waals surface area (Å²) in [5.74, 6) is 0.221. The number of ether oxygens (including phenoxy) is 2. The first-order valence-corrected chi connectivity index (χ1v) is 4.59. The van der Waals surface area contributed by atoms with E-state index in [2.05, 4.69) is 0 Å². The molecule has 0 bridgehead atoms. The minimum absolute atomic E-state index is 0.0795. The number of rotatable bonds is 2. The van der Waals surface area contributed by atoms with E-state index in [1.54, 1.807) is 7.11 Å². The third kappa shape index (κ3) is 2.02. The minimum Gasteiger partial charge on any atom is -0.394 e. The average molecular weight is 190 g/mol. The van der Waals surface area contributed by atoms with Crippen molar-refractivity contribution in [1.29, 1.82) is 0 Å². The molecule has 1 aliphatic rings. The van der Waals surface area contributed by atoms with Crippen LogP contribution in [0.3, 0.4) is 0 Å².